The van der Waals surface area contributed by atoms with E-state index in [0.717, 1.165) is 32.6 Å². The van der Waals surface area contributed by atoms with Gasteiger partial charge in [0.25, 0.3) is 5.12 Å². The minimum Gasteiger partial charge on any atom is -0.336 e. The lowest BCUT2D eigenvalue weighted by molar-refractivity contribution is -0.423. The molecule has 246 valence electrons. The summed E-state index contributed by atoms with van der Waals surface area (Å²) in [5.41, 5.74) is 6.27. The smallest absolute Gasteiger partial charge is 0.258 e. The topological polar surface area (TPSA) is 40.4 Å². The zero-order chi connectivity index (χ0) is 34.4. The number of fused-ring (bicyclic) bond motifs is 2. The summed E-state index contributed by atoms with van der Waals surface area (Å²) in [7, 11) is 0. The lowest BCUT2D eigenvalue weighted by atomic mass is 9.81. The minimum atomic E-state index is -0.248. The highest BCUT2D eigenvalue weighted by atomic mass is 32.2. The quantitative estimate of drug-likeness (QED) is 0.0947. The highest BCUT2D eigenvalue weighted by Gasteiger charge is 2.44. The fourth-order valence-electron chi connectivity index (χ4n) is 6.67. The van der Waals surface area contributed by atoms with E-state index in [4.69, 9.17) is 0 Å². The van der Waals surface area contributed by atoms with Crippen molar-refractivity contribution in [3.63, 3.8) is 0 Å². The molecule has 0 amide bonds. The van der Waals surface area contributed by atoms with Crippen LogP contribution in [0.25, 0.3) is 0 Å². The van der Waals surface area contributed by atoms with Crippen molar-refractivity contribution in [2.75, 3.05) is 18.0 Å². The molecule has 2 heterocycles. The Morgan fingerprint density at radius 3 is 1.88 bits per heavy atom. The molecule has 2 aliphatic rings. The van der Waals surface area contributed by atoms with Crippen molar-refractivity contribution >= 4 is 50.8 Å². The largest absolute Gasteiger partial charge is 0.336 e. The molecule has 0 fully saturated rings. The Balaban J connectivity index is 1.19. The number of benzene rings is 4. The van der Waals surface area contributed by atoms with E-state index in [2.05, 4.69) is 85.7 Å². The first-order valence-electron chi connectivity index (χ1n) is 16.5. The van der Waals surface area contributed by atoms with Gasteiger partial charge in [0.05, 0.1) is 12.0 Å². The van der Waals surface area contributed by atoms with Crippen LogP contribution in [0, 0.1) is 0 Å². The molecule has 0 spiro atoms. The number of nitrogens with zero attached hydrogens (tertiary/aromatic N) is 2. The second kappa shape index (κ2) is 14.9. The Morgan fingerprint density at radius 1 is 0.633 bits per heavy atom. The predicted molar refractivity (Wildman–Crippen MR) is 206 cm³/mol. The van der Waals surface area contributed by atoms with Crippen molar-refractivity contribution < 1.29 is 14.2 Å². The Hall–Kier alpha value is -4.65. The highest BCUT2D eigenvalue weighted by Crippen LogP contribution is 2.48. The van der Waals surface area contributed by atoms with Crippen LogP contribution in [0.3, 0.4) is 0 Å². The summed E-state index contributed by atoms with van der Waals surface area (Å²) in [6, 6.07) is 36.3. The van der Waals surface area contributed by atoms with E-state index >= 15 is 0 Å². The number of carbonyl (C=O) groups is 2. The van der Waals surface area contributed by atoms with Gasteiger partial charge in [-0.2, -0.15) is 4.58 Å². The van der Waals surface area contributed by atoms with Crippen LogP contribution in [-0.2, 0) is 20.4 Å². The van der Waals surface area contributed by atoms with Crippen molar-refractivity contribution in [2.24, 2.45) is 0 Å². The van der Waals surface area contributed by atoms with Gasteiger partial charge in [0.1, 0.15) is 0 Å². The molecular weight excluding hydrogens is 641 g/mol. The number of anilines is 1. The number of rotatable bonds is 10. The number of para-hydroxylation sites is 2. The molecule has 0 unspecified atom stereocenters. The summed E-state index contributed by atoms with van der Waals surface area (Å²) >= 11 is 2.57. The molecule has 0 N–H and O–H groups in total. The summed E-state index contributed by atoms with van der Waals surface area (Å²) in [6.07, 6.45) is 14.4. The predicted octanol–water partition coefficient (Wildman–Crippen LogP) is 10.1. The number of thioether (sulfide) groups is 2. The number of allylic oxidation sites excluding steroid dienone is 8. The van der Waals surface area contributed by atoms with Gasteiger partial charge in [-0.3, -0.25) is 9.59 Å². The molecule has 0 atom stereocenters. The molecule has 0 saturated carbocycles. The molecule has 0 bridgehead atoms. The van der Waals surface area contributed by atoms with Crippen molar-refractivity contribution in [2.45, 2.75) is 48.3 Å². The van der Waals surface area contributed by atoms with E-state index < -0.39 is 0 Å². The Labute approximate surface area is 298 Å². The number of hydrogen-bond acceptors (Lipinski definition) is 5. The van der Waals surface area contributed by atoms with Crippen molar-refractivity contribution in [3.05, 3.63) is 169 Å². The molecule has 6 heteroatoms. The van der Waals surface area contributed by atoms with E-state index in [1.54, 1.807) is 0 Å². The second-order valence-electron chi connectivity index (χ2n) is 13.1. The van der Waals surface area contributed by atoms with Crippen LogP contribution in [0.5, 0.6) is 0 Å². The van der Waals surface area contributed by atoms with Crippen LogP contribution in [0.1, 0.15) is 38.8 Å². The summed E-state index contributed by atoms with van der Waals surface area (Å²) in [4.78, 5) is 30.5. The van der Waals surface area contributed by atoms with Gasteiger partial charge in [-0.1, -0.05) is 129 Å². The van der Waals surface area contributed by atoms with E-state index in [1.807, 2.05) is 103 Å². The van der Waals surface area contributed by atoms with Gasteiger partial charge >= 0.3 is 0 Å². The fourth-order valence-corrected chi connectivity index (χ4v) is 8.17. The molecule has 0 radical (unpaired) electrons. The van der Waals surface area contributed by atoms with Crippen LogP contribution >= 0.6 is 23.5 Å². The van der Waals surface area contributed by atoms with Crippen LogP contribution in [0.15, 0.2) is 167 Å². The molecule has 0 saturated heterocycles. The van der Waals surface area contributed by atoms with Gasteiger partial charge in [-0.25, -0.2) is 0 Å². The Kier molecular flexibility index (Phi) is 10.4. The van der Waals surface area contributed by atoms with Crippen molar-refractivity contribution in [1.29, 1.82) is 0 Å². The van der Waals surface area contributed by atoms with Gasteiger partial charge in [0.15, 0.2) is 5.71 Å². The normalized spacial score (nSPS) is 17.1. The van der Waals surface area contributed by atoms with Crippen LogP contribution in [-0.4, -0.2) is 33.6 Å². The van der Waals surface area contributed by atoms with Crippen LogP contribution < -0.4 is 4.90 Å². The molecule has 2 aliphatic heterocycles. The van der Waals surface area contributed by atoms with Crippen LogP contribution in [0.4, 0.5) is 11.4 Å². The van der Waals surface area contributed by atoms with Crippen molar-refractivity contribution in [3.8, 4) is 0 Å². The lowest BCUT2D eigenvalue weighted by Crippen LogP contribution is -2.29. The monoisotopic (exact) mass is 681 g/mol. The molecule has 4 aromatic rings. The number of carbonyl (C=O) groups excluding carboxylic acids is 2. The first-order chi connectivity index (χ1) is 23.7. The molecule has 4 nitrogen and oxygen atoms in total. The average Bonchev–Trinajstić information content (AvgIpc) is 3.43. The lowest BCUT2D eigenvalue weighted by Gasteiger charge is -2.26. The van der Waals surface area contributed by atoms with Crippen LogP contribution in [0.2, 0.25) is 0 Å². The summed E-state index contributed by atoms with van der Waals surface area (Å²) in [6.45, 7) is 9.44. The summed E-state index contributed by atoms with van der Waals surface area (Å²) in [5, 5.41) is 0.199. The first kappa shape index (κ1) is 34.2. The third-order valence-electron chi connectivity index (χ3n) is 9.08. The molecule has 6 rings (SSSR count). The molecule has 4 aromatic carbocycles. The summed E-state index contributed by atoms with van der Waals surface area (Å²) in [5.74, 6) is 0. The average molecular weight is 682 g/mol. The minimum absolute atomic E-state index is 0.0995. The maximum atomic E-state index is 13.2. The molecular formula is C43H41N2O2S2+. The van der Waals surface area contributed by atoms with Gasteiger partial charge in [0, 0.05) is 44.3 Å². The summed E-state index contributed by atoms with van der Waals surface area (Å²) < 4.78 is 2.16. The molecule has 0 aromatic heterocycles. The standard InChI is InChI=1S/C43H41N2O2S2/c1-42(2)34-24-16-18-26-36(34)44(30-40(46)48-32-20-10-8-11-21-32)38(42)28-14-6-5-7-15-29-39-43(3,4)35-25-17-19-27-37(35)45(39)31-41(47)49-33-22-12-9-13-23-33/h5-29H,30-31H2,1-4H3/q+1. The maximum Gasteiger partial charge on any atom is 0.258 e. The third-order valence-corrected chi connectivity index (χ3v) is 10.8. The van der Waals surface area contributed by atoms with Gasteiger partial charge in [0.2, 0.25) is 17.3 Å². The highest BCUT2D eigenvalue weighted by molar-refractivity contribution is 8.14. The molecule has 0 aliphatic carbocycles. The van der Waals surface area contributed by atoms with Crippen molar-refractivity contribution in [1.82, 2.24) is 0 Å². The van der Waals surface area contributed by atoms with Gasteiger partial charge < -0.3 is 4.90 Å². The first-order valence-corrected chi connectivity index (χ1v) is 18.1. The Morgan fingerprint density at radius 2 is 1.18 bits per heavy atom. The van der Waals surface area contributed by atoms with E-state index in [0.29, 0.717) is 0 Å². The maximum absolute atomic E-state index is 13.2. The molecule has 49 heavy (non-hydrogen) atoms. The fraction of sp³-hybridized carbons (Fsp3) is 0.186. The van der Waals surface area contributed by atoms with Gasteiger partial charge in [-0.05, 0) is 67.6 Å². The SMILES string of the molecule is CC1(C)C(=CC=CC=CC=CC2=[N+](CC(=O)Sc3ccccc3)c3ccccc3C2(C)C)N(CC(=O)Sc2ccccc2)c2ccccc21. The zero-order valence-corrected chi connectivity index (χ0v) is 30.0. The number of hydrogen-bond donors (Lipinski definition) is 0. The van der Waals surface area contributed by atoms with E-state index in [9.17, 15) is 9.59 Å². The second-order valence-corrected chi connectivity index (χ2v) is 15.4. The van der Waals surface area contributed by atoms with Gasteiger partial charge in [-0.15, -0.1) is 0 Å². The van der Waals surface area contributed by atoms with E-state index in [-0.39, 0.29) is 34.2 Å². The third kappa shape index (κ3) is 7.51. The Bertz CT molecular complexity index is 2000. The van der Waals surface area contributed by atoms with E-state index in [1.165, 1.54) is 34.7 Å². The zero-order valence-electron chi connectivity index (χ0n) is 28.4.